The summed E-state index contributed by atoms with van der Waals surface area (Å²) in [6.45, 7) is 0. The van der Waals surface area contributed by atoms with E-state index in [9.17, 15) is 4.79 Å². The minimum Gasteiger partial charge on any atom is -0.370 e. The Bertz CT molecular complexity index is 389. The largest absolute Gasteiger partial charge is 0.370 e. The van der Waals surface area contributed by atoms with Gasteiger partial charge < -0.3 is 9.53 Å². The first kappa shape index (κ1) is 10.7. The monoisotopic (exact) mass is 224 g/mol. The smallest absolute Gasteiger partial charge is 0.152 e. The molecule has 0 aromatic heterocycles. The molecular weight excluding hydrogens is 212 g/mol. The van der Waals surface area contributed by atoms with Crippen molar-refractivity contribution >= 4 is 17.9 Å². The van der Waals surface area contributed by atoms with E-state index in [1.807, 2.05) is 18.2 Å². The summed E-state index contributed by atoms with van der Waals surface area (Å²) in [6, 6.07) is 5.84. The molecule has 2 nitrogen and oxygen atoms in total. The third-order valence-electron chi connectivity index (χ3n) is 3.10. The molecule has 1 aliphatic carbocycles. The molecule has 3 heteroatoms. The van der Waals surface area contributed by atoms with Crippen LogP contribution in [0, 0.1) is 0 Å². The molecule has 1 aromatic carbocycles. The Balaban J connectivity index is 2.36. The average Bonchev–Trinajstić information content (AvgIpc) is 2.28. The number of aldehydes is 1. The Kier molecular flexibility index (Phi) is 2.81. The highest BCUT2D eigenvalue weighted by atomic mass is 35.5. The maximum Gasteiger partial charge on any atom is 0.152 e. The molecule has 0 N–H and O–H groups in total. The van der Waals surface area contributed by atoms with Crippen molar-refractivity contribution < 1.29 is 9.53 Å². The Morgan fingerprint density at radius 2 is 2.27 bits per heavy atom. The lowest BCUT2D eigenvalue weighted by atomic mass is 9.81. The van der Waals surface area contributed by atoms with Gasteiger partial charge in [0.15, 0.2) is 6.29 Å². The Hall–Kier alpha value is -0.860. The summed E-state index contributed by atoms with van der Waals surface area (Å²) in [5.41, 5.74) is 1.76. The van der Waals surface area contributed by atoms with Crippen LogP contribution in [-0.2, 0) is 22.4 Å². The van der Waals surface area contributed by atoms with Crippen molar-refractivity contribution in [1.82, 2.24) is 0 Å². The SMILES string of the molecule is COC1(C=O)CCc2ccc(Cl)cc2C1. The van der Waals surface area contributed by atoms with E-state index in [1.54, 1.807) is 7.11 Å². The van der Waals surface area contributed by atoms with Crippen LogP contribution in [0.5, 0.6) is 0 Å². The molecule has 2 rings (SSSR count). The number of carbonyl (C=O) groups excluding carboxylic acids is 1. The lowest BCUT2D eigenvalue weighted by Gasteiger charge is -2.32. The number of rotatable bonds is 2. The van der Waals surface area contributed by atoms with E-state index in [4.69, 9.17) is 16.3 Å². The molecule has 0 bridgehead atoms. The fraction of sp³-hybridized carbons (Fsp3) is 0.417. The molecule has 1 unspecified atom stereocenters. The van der Waals surface area contributed by atoms with Crippen LogP contribution in [0.15, 0.2) is 18.2 Å². The van der Waals surface area contributed by atoms with Crippen LogP contribution in [0.2, 0.25) is 5.02 Å². The average molecular weight is 225 g/mol. The Labute approximate surface area is 94.2 Å². The van der Waals surface area contributed by atoms with Crippen molar-refractivity contribution in [3.63, 3.8) is 0 Å². The number of fused-ring (bicyclic) bond motifs is 1. The number of hydrogen-bond donors (Lipinski definition) is 0. The van der Waals surface area contributed by atoms with E-state index in [0.717, 1.165) is 24.7 Å². The standard InChI is InChI=1S/C12H13ClO2/c1-15-12(8-14)5-4-9-2-3-11(13)6-10(9)7-12/h2-3,6,8H,4-5,7H2,1H3. The summed E-state index contributed by atoms with van der Waals surface area (Å²) in [7, 11) is 1.59. The van der Waals surface area contributed by atoms with Crippen LogP contribution in [0.3, 0.4) is 0 Å². The van der Waals surface area contributed by atoms with Gasteiger partial charge in [-0.25, -0.2) is 0 Å². The molecule has 0 aliphatic heterocycles. The zero-order chi connectivity index (χ0) is 10.9. The summed E-state index contributed by atoms with van der Waals surface area (Å²) in [5.74, 6) is 0. The molecule has 0 amide bonds. The summed E-state index contributed by atoms with van der Waals surface area (Å²) < 4.78 is 5.31. The molecule has 1 aromatic rings. The number of halogens is 1. The first-order valence-electron chi connectivity index (χ1n) is 4.98. The fourth-order valence-electron chi connectivity index (χ4n) is 2.08. The molecule has 0 saturated heterocycles. The van der Waals surface area contributed by atoms with E-state index in [-0.39, 0.29) is 0 Å². The molecule has 80 valence electrons. The van der Waals surface area contributed by atoms with Gasteiger partial charge in [0.1, 0.15) is 5.60 Å². The highest BCUT2D eigenvalue weighted by Crippen LogP contribution is 2.31. The maximum absolute atomic E-state index is 11.0. The van der Waals surface area contributed by atoms with Crippen molar-refractivity contribution in [2.24, 2.45) is 0 Å². The summed E-state index contributed by atoms with van der Waals surface area (Å²) in [4.78, 5) is 11.0. The number of aryl methyl sites for hydroxylation is 1. The van der Waals surface area contributed by atoms with Gasteiger partial charge in [0.2, 0.25) is 0 Å². The van der Waals surface area contributed by atoms with Gasteiger partial charge in [-0.15, -0.1) is 0 Å². The minimum absolute atomic E-state index is 0.628. The van der Waals surface area contributed by atoms with Crippen LogP contribution in [0.25, 0.3) is 0 Å². The number of methoxy groups -OCH3 is 1. The minimum atomic E-state index is -0.641. The molecule has 0 heterocycles. The van der Waals surface area contributed by atoms with Crippen LogP contribution < -0.4 is 0 Å². The van der Waals surface area contributed by atoms with Gasteiger partial charge in [-0.3, -0.25) is 0 Å². The first-order chi connectivity index (χ1) is 7.19. The number of carbonyl (C=O) groups is 1. The van der Waals surface area contributed by atoms with Gasteiger partial charge >= 0.3 is 0 Å². The van der Waals surface area contributed by atoms with Crippen LogP contribution >= 0.6 is 11.6 Å². The quantitative estimate of drug-likeness (QED) is 0.722. The predicted octanol–water partition coefficient (Wildman–Crippen LogP) is 2.41. The zero-order valence-electron chi connectivity index (χ0n) is 8.63. The molecule has 0 radical (unpaired) electrons. The molecule has 0 saturated carbocycles. The van der Waals surface area contributed by atoms with E-state index < -0.39 is 5.60 Å². The third-order valence-corrected chi connectivity index (χ3v) is 3.33. The van der Waals surface area contributed by atoms with Gasteiger partial charge in [-0.05, 0) is 36.1 Å². The van der Waals surface area contributed by atoms with Crippen LogP contribution in [-0.4, -0.2) is 19.0 Å². The second kappa shape index (κ2) is 3.95. The van der Waals surface area contributed by atoms with Gasteiger partial charge in [0.05, 0.1) is 0 Å². The highest BCUT2D eigenvalue weighted by molar-refractivity contribution is 6.30. The Morgan fingerprint density at radius 3 is 2.93 bits per heavy atom. The van der Waals surface area contributed by atoms with Crippen molar-refractivity contribution in [2.45, 2.75) is 24.9 Å². The van der Waals surface area contributed by atoms with Crippen molar-refractivity contribution in [3.8, 4) is 0 Å². The van der Waals surface area contributed by atoms with Crippen molar-refractivity contribution in [2.75, 3.05) is 7.11 Å². The van der Waals surface area contributed by atoms with E-state index in [1.165, 1.54) is 5.56 Å². The molecule has 1 aliphatic rings. The molecule has 1 atom stereocenters. The van der Waals surface area contributed by atoms with Gasteiger partial charge in [0, 0.05) is 18.6 Å². The zero-order valence-corrected chi connectivity index (χ0v) is 9.38. The second-order valence-corrected chi connectivity index (χ2v) is 4.41. The summed E-state index contributed by atoms with van der Waals surface area (Å²) in [5, 5.41) is 0.714. The van der Waals surface area contributed by atoms with Crippen molar-refractivity contribution in [1.29, 1.82) is 0 Å². The number of ether oxygens (including phenoxy) is 1. The van der Waals surface area contributed by atoms with Gasteiger partial charge in [-0.2, -0.15) is 0 Å². The topological polar surface area (TPSA) is 26.3 Å². The van der Waals surface area contributed by atoms with Crippen LogP contribution in [0.4, 0.5) is 0 Å². The van der Waals surface area contributed by atoms with Crippen molar-refractivity contribution in [3.05, 3.63) is 34.3 Å². The highest BCUT2D eigenvalue weighted by Gasteiger charge is 2.34. The Morgan fingerprint density at radius 1 is 1.47 bits per heavy atom. The van der Waals surface area contributed by atoms with E-state index >= 15 is 0 Å². The van der Waals surface area contributed by atoms with E-state index in [0.29, 0.717) is 11.4 Å². The maximum atomic E-state index is 11.0. The summed E-state index contributed by atoms with van der Waals surface area (Å²) >= 11 is 5.93. The van der Waals surface area contributed by atoms with E-state index in [2.05, 4.69) is 0 Å². The molecule has 0 spiro atoms. The predicted molar refractivity (Wildman–Crippen MR) is 59.3 cm³/mol. The fourth-order valence-corrected chi connectivity index (χ4v) is 2.28. The summed E-state index contributed by atoms with van der Waals surface area (Å²) in [6.07, 6.45) is 3.17. The molecule has 15 heavy (non-hydrogen) atoms. The third kappa shape index (κ3) is 1.92. The second-order valence-electron chi connectivity index (χ2n) is 3.98. The van der Waals surface area contributed by atoms with Gasteiger partial charge in [0.25, 0.3) is 0 Å². The van der Waals surface area contributed by atoms with Gasteiger partial charge in [-0.1, -0.05) is 17.7 Å². The normalized spacial score (nSPS) is 24.7. The number of hydrogen-bond acceptors (Lipinski definition) is 2. The lowest BCUT2D eigenvalue weighted by molar-refractivity contribution is -0.128. The number of benzene rings is 1. The van der Waals surface area contributed by atoms with Crippen LogP contribution in [0.1, 0.15) is 17.5 Å². The molecule has 0 fully saturated rings. The first-order valence-corrected chi connectivity index (χ1v) is 5.36. The lowest BCUT2D eigenvalue weighted by Crippen LogP contribution is -2.39. The molecular formula is C12H13ClO2.